The molecular weight excluding hydrogens is 218 g/mol. The quantitative estimate of drug-likeness (QED) is 0.790. The lowest BCUT2D eigenvalue weighted by molar-refractivity contribution is 0.171. The van der Waals surface area contributed by atoms with E-state index in [2.05, 4.69) is 5.32 Å². The van der Waals surface area contributed by atoms with Crippen LogP contribution in [0.1, 0.15) is 24.2 Å². The zero-order valence-corrected chi connectivity index (χ0v) is 10.9. The summed E-state index contributed by atoms with van der Waals surface area (Å²) in [5.74, 6) is 1.49. The molecule has 0 aliphatic carbocycles. The van der Waals surface area contributed by atoms with E-state index in [0.717, 1.165) is 23.3 Å². The number of likely N-dealkylation sites (N-methyl/N-ethyl adjacent to an activating group) is 1. The number of methoxy groups -OCH3 is 2. The summed E-state index contributed by atoms with van der Waals surface area (Å²) < 4.78 is 10.6. The first-order valence-electron chi connectivity index (χ1n) is 5.75. The summed E-state index contributed by atoms with van der Waals surface area (Å²) >= 11 is 0. The second-order valence-corrected chi connectivity index (χ2v) is 3.79. The van der Waals surface area contributed by atoms with Crippen molar-refractivity contribution in [2.75, 3.05) is 27.8 Å². The van der Waals surface area contributed by atoms with Gasteiger partial charge in [0, 0.05) is 17.7 Å². The fraction of sp³-hybridized carbons (Fsp3) is 0.538. The average molecular weight is 239 g/mol. The van der Waals surface area contributed by atoms with Crippen molar-refractivity contribution < 1.29 is 14.6 Å². The first-order chi connectivity index (χ1) is 8.19. The van der Waals surface area contributed by atoms with Gasteiger partial charge in [0.2, 0.25) is 0 Å². The Balaban J connectivity index is 3.29. The number of hydrogen-bond donors (Lipinski definition) is 2. The van der Waals surface area contributed by atoms with Gasteiger partial charge in [-0.1, -0.05) is 6.92 Å². The smallest absolute Gasteiger partial charge is 0.125 e. The van der Waals surface area contributed by atoms with E-state index >= 15 is 0 Å². The molecule has 1 rings (SSSR count). The SMILES string of the molecule is CCc1c(OC)ccc(OC)c1C(O)CNC. The van der Waals surface area contributed by atoms with Gasteiger partial charge in [0.25, 0.3) is 0 Å². The average Bonchev–Trinajstić information content (AvgIpc) is 2.36. The molecule has 0 saturated heterocycles. The summed E-state index contributed by atoms with van der Waals surface area (Å²) in [5.41, 5.74) is 1.80. The van der Waals surface area contributed by atoms with E-state index in [9.17, 15) is 5.11 Å². The summed E-state index contributed by atoms with van der Waals surface area (Å²) in [6.07, 6.45) is 0.191. The van der Waals surface area contributed by atoms with E-state index < -0.39 is 6.10 Å². The molecule has 0 radical (unpaired) electrons. The van der Waals surface area contributed by atoms with Crippen LogP contribution < -0.4 is 14.8 Å². The normalized spacial score (nSPS) is 12.3. The minimum atomic E-state index is -0.597. The first-order valence-corrected chi connectivity index (χ1v) is 5.75. The Morgan fingerprint density at radius 2 is 1.82 bits per heavy atom. The van der Waals surface area contributed by atoms with Gasteiger partial charge in [-0.25, -0.2) is 0 Å². The molecule has 2 N–H and O–H groups in total. The number of nitrogens with one attached hydrogen (secondary N) is 1. The van der Waals surface area contributed by atoms with Crippen molar-refractivity contribution in [2.24, 2.45) is 0 Å². The molecule has 4 heteroatoms. The van der Waals surface area contributed by atoms with Crippen LogP contribution in [0, 0.1) is 0 Å². The van der Waals surface area contributed by atoms with Gasteiger partial charge in [0.1, 0.15) is 11.5 Å². The van der Waals surface area contributed by atoms with Gasteiger partial charge in [-0.2, -0.15) is 0 Å². The van der Waals surface area contributed by atoms with Crippen molar-refractivity contribution in [2.45, 2.75) is 19.4 Å². The maximum atomic E-state index is 10.2. The third kappa shape index (κ3) is 2.90. The fourth-order valence-corrected chi connectivity index (χ4v) is 2.02. The van der Waals surface area contributed by atoms with Crippen LogP contribution in [-0.2, 0) is 6.42 Å². The van der Waals surface area contributed by atoms with Crippen molar-refractivity contribution in [3.05, 3.63) is 23.3 Å². The Labute approximate surface area is 103 Å². The molecule has 0 heterocycles. The van der Waals surface area contributed by atoms with E-state index in [-0.39, 0.29) is 0 Å². The molecule has 1 unspecified atom stereocenters. The fourth-order valence-electron chi connectivity index (χ4n) is 2.02. The minimum Gasteiger partial charge on any atom is -0.496 e. The molecule has 0 aliphatic heterocycles. The standard InChI is InChI=1S/C13H21NO3/c1-5-9-11(16-3)6-7-12(17-4)13(9)10(15)8-14-2/h6-7,10,14-15H,5,8H2,1-4H3. The molecule has 0 aromatic heterocycles. The van der Waals surface area contributed by atoms with Crippen LogP contribution in [0.5, 0.6) is 11.5 Å². The number of aliphatic hydroxyl groups excluding tert-OH is 1. The summed E-state index contributed by atoms with van der Waals surface area (Å²) in [6.45, 7) is 2.52. The highest BCUT2D eigenvalue weighted by Crippen LogP contribution is 2.35. The molecular formula is C13H21NO3. The number of ether oxygens (including phenoxy) is 2. The van der Waals surface area contributed by atoms with Gasteiger partial charge in [0.15, 0.2) is 0 Å². The number of aliphatic hydroxyl groups is 1. The van der Waals surface area contributed by atoms with E-state index in [0.29, 0.717) is 12.3 Å². The van der Waals surface area contributed by atoms with E-state index in [1.165, 1.54) is 0 Å². The van der Waals surface area contributed by atoms with Crippen molar-refractivity contribution in [3.8, 4) is 11.5 Å². The van der Waals surface area contributed by atoms with Crippen LogP contribution >= 0.6 is 0 Å². The van der Waals surface area contributed by atoms with Crippen molar-refractivity contribution in [1.82, 2.24) is 5.32 Å². The van der Waals surface area contributed by atoms with Crippen LogP contribution in [-0.4, -0.2) is 32.9 Å². The third-order valence-corrected chi connectivity index (χ3v) is 2.80. The molecule has 1 atom stereocenters. The highest BCUT2D eigenvalue weighted by atomic mass is 16.5. The van der Waals surface area contributed by atoms with Gasteiger partial charge >= 0.3 is 0 Å². The lowest BCUT2D eigenvalue weighted by Gasteiger charge is -2.20. The van der Waals surface area contributed by atoms with Crippen LogP contribution in [0.3, 0.4) is 0 Å². The Morgan fingerprint density at radius 1 is 1.24 bits per heavy atom. The zero-order chi connectivity index (χ0) is 12.8. The van der Waals surface area contributed by atoms with E-state index in [1.54, 1.807) is 14.2 Å². The molecule has 0 spiro atoms. The predicted molar refractivity (Wildman–Crippen MR) is 67.8 cm³/mol. The molecule has 96 valence electrons. The molecule has 1 aromatic rings. The molecule has 0 bridgehead atoms. The van der Waals surface area contributed by atoms with Crippen molar-refractivity contribution >= 4 is 0 Å². The monoisotopic (exact) mass is 239 g/mol. The summed E-state index contributed by atoms with van der Waals surface area (Å²) in [4.78, 5) is 0. The lowest BCUT2D eigenvalue weighted by Crippen LogP contribution is -2.19. The van der Waals surface area contributed by atoms with Crippen LogP contribution in [0.25, 0.3) is 0 Å². The molecule has 0 amide bonds. The van der Waals surface area contributed by atoms with Crippen LogP contribution in [0.2, 0.25) is 0 Å². The molecule has 0 saturated carbocycles. The first kappa shape index (κ1) is 13.8. The summed E-state index contributed by atoms with van der Waals surface area (Å²) in [6, 6.07) is 3.69. The molecule has 0 fully saturated rings. The van der Waals surface area contributed by atoms with E-state index in [4.69, 9.17) is 9.47 Å². The highest BCUT2D eigenvalue weighted by molar-refractivity contribution is 5.50. The van der Waals surface area contributed by atoms with Gasteiger partial charge in [-0.15, -0.1) is 0 Å². The molecule has 17 heavy (non-hydrogen) atoms. The topological polar surface area (TPSA) is 50.7 Å². The number of hydrogen-bond acceptors (Lipinski definition) is 4. The molecule has 1 aromatic carbocycles. The summed E-state index contributed by atoms with van der Waals surface area (Å²) in [5, 5.41) is 13.1. The highest BCUT2D eigenvalue weighted by Gasteiger charge is 2.19. The van der Waals surface area contributed by atoms with Gasteiger partial charge in [0.05, 0.1) is 20.3 Å². The van der Waals surface area contributed by atoms with Crippen LogP contribution in [0.15, 0.2) is 12.1 Å². The molecule has 4 nitrogen and oxygen atoms in total. The Kier molecular flexibility index (Phi) is 5.25. The summed E-state index contributed by atoms with van der Waals surface area (Å²) in [7, 11) is 5.05. The van der Waals surface area contributed by atoms with Gasteiger partial charge in [-0.3, -0.25) is 0 Å². The maximum absolute atomic E-state index is 10.2. The maximum Gasteiger partial charge on any atom is 0.125 e. The predicted octanol–water partition coefficient (Wildman–Crippen LogP) is 1.52. The Morgan fingerprint density at radius 3 is 2.29 bits per heavy atom. The number of benzene rings is 1. The second-order valence-electron chi connectivity index (χ2n) is 3.79. The zero-order valence-electron chi connectivity index (χ0n) is 10.9. The lowest BCUT2D eigenvalue weighted by atomic mass is 9.98. The largest absolute Gasteiger partial charge is 0.496 e. The van der Waals surface area contributed by atoms with Crippen molar-refractivity contribution in [1.29, 1.82) is 0 Å². The van der Waals surface area contributed by atoms with Gasteiger partial charge < -0.3 is 19.9 Å². The third-order valence-electron chi connectivity index (χ3n) is 2.80. The van der Waals surface area contributed by atoms with Gasteiger partial charge in [-0.05, 0) is 25.6 Å². The second kappa shape index (κ2) is 6.47. The Bertz CT molecular complexity index is 366. The van der Waals surface area contributed by atoms with Crippen molar-refractivity contribution in [3.63, 3.8) is 0 Å². The number of rotatable bonds is 6. The van der Waals surface area contributed by atoms with E-state index in [1.807, 2.05) is 26.1 Å². The minimum absolute atomic E-state index is 0.483. The Hall–Kier alpha value is -1.26. The molecule has 0 aliphatic rings. The van der Waals surface area contributed by atoms with Crippen LogP contribution in [0.4, 0.5) is 0 Å².